The smallest absolute Gasteiger partial charge is 0.368 e. The lowest BCUT2D eigenvalue weighted by atomic mass is 10.1. The highest BCUT2D eigenvalue weighted by atomic mass is 19.4. The van der Waals surface area contributed by atoms with Crippen LogP contribution < -0.4 is 10.2 Å². The number of benzene rings is 2. The fourth-order valence-electron chi connectivity index (χ4n) is 3.18. The molecule has 0 unspecified atom stereocenters. The van der Waals surface area contributed by atoms with Crippen molar-refractivity contribution in [2.45, 2.75) is 13.1 Å². The van der Waals surface area contributed by atoms with E-state index >= 15 is 0 Å². The molecule has 1 aliphatic rings. The van der Waals surface area contributed by atoms with Gasteiger partial charge in [0, 0.05) is 50.5 Å². The quantitative estimate of drug-likeness (QED) is 0.611. The number of halogens is 3. The van der Waals surface area contributed by atoms with Crippen LogP contribution in [0.1, 0.15) is 12.5 Å². The first-order chi connectivity index (χ1) is 13.6. The number of piperazine rings is 1. The maximum absolute atomic E-state index is 12.9. The van der Waals surface area contributed by atoms with Gasteiger partial charge in [-0.1, -0.05) is 6.07 Å². The van der Waals surface area contributed by atoms with Crippen molar-refractivity contribution in [3.8, 4) is 0 Å². The molecule has 1 amide bonds. The molecule has 154 valence electrons. The van der Waals surface area contributed by atoms with Crippen molar-refractivity contribution in [2.75, 3.05) is 36.4 Å². The van der Waals surface area contributed by atoms with E-state index in [0.29, 0.717) is 37.9 Å². The first-order valence-corrected chi connectivity index (χ1v) is 8.88. The van der Waals surface area contributed by atoms with Crippen LogP contribution in [-0.4, -0.2) is 41.9 Å². The lowest BCUT2D eigenvalue weighted by Crippen LogP contribution is -2.48. The summed E-state index contributed by atoms with van der Waals surface area (Å²) in [6, 6.07) is 9.45. The third kappa shape index (κ3) is 4.76. The van der Waals surface area contributed by atoms with Crippen LogP contribution in [0.4, 0.5) is 35.9 Å². The van der Waals surface area contributed by atoms with Crippen molar-refractivity contribution in [3.05, 3.63) is 58.1 Å². The molecule has 0 radical (unpaired) electrons. The molecule has 1 aliphatic heterocycles. The lowest BCUT2D eigenvalue weighted by Gasteiger charge is -2.35. The minimum Gasteiger partial charge on any atom is -0.368 e. The predicted octanol–water partition coefficient (Wildman–Crippen LogP) is 4.03. The fraction of sp³-hybridized carbons (Fsp3) is 0.316. The molecule has 0 atom stereocenters. The SMILES string of the molecule is CC(=O)N1CCN(c2cccc(Nc3ccc(C(F)(F)F)cc3[N+](=O)[O-])c2)CC1. The van der Waals surface area contributed by atoms with Gasteiger partial charge in [0.1, 0.15) is 5.69 Å². The van der Waals surface area contributed by atoms with Crippen molar-refractivity contribution in [1.29, 1.82) is 0 Å². The summed E-state index contributed by atoms with van der Waals surface area (Å²) in [5.74, 6) is 0.0229. The number of amides is 1. The molecule has 10 heteroatoms. The van der Waals surface area contributed by atoms with E-state index in [4.69, 9.17) is 0 Å². The number of nitrogens with zero attached hydrogens (tertiary/aromatic N) is 3. The number of carbonyl (C=O) groups is 1. The molecule has 7 nitrogen and oxygen atoms in total. The summed E-state index contributed by atoms with van der Waals surface area (Å²) >= 11 is 0. The minimum absolute atomic E-state index is 0.0229. The number of hydrogen-bond donors (Lipinski definition) is 1. The first-order valence-electron chi connectivity index (χ1n) is 8.88. The van der Waals surface area contributed by atoms with E-state index in [9.17, 15) is 28.1 Å². The van der Waals surface area contributed by atoms with Gasteiger partial charge in [0.15, 0.2) is 0 Å². The Bertz CT molecular complexity index is 925. The molecule has 1 heterocycles. The summed E-state index contributed by atoms with van der Waals surface area (Å²) in [4.78, 5) is 25.7. The maximum Gasteiger partial charge on any atom is 0.416 e. The van der Waals surface area contributed by atoms with Crippen molar-refractivity contribution < 1.29 is 22.9 Å². The number of carbonyl (C=O) groups excluding carboxylic acids is 1. The van der Waals surface area contributed by atoms with Crippen molar-refractivity contribution >= 4 is 28.7 Å². The van der Waals surface area contributed by atoms with Crippen LogP contribution in [0.2, 0.25) is 0 Å². The average Bonchev–Trinajstić information content (AvgIpc) is 2.67. The van der Waals surface area contributed by atoms with Crippen molar-refractivity contribution in [3.63, 3.8) is 0 Å². The molecule has 0 aromatic heterocycles. The maximum atomic E-state index is 12.9. The van der Waals surface area contributed by atoms with E-state index in [2.05, 4.69) is 10.2 Å². The second-order valence-corrected chi connectivity index (χ2v) is 6.66. The highest BCUT2D eigenvalue weighted by Crippen LogP contribution is 2.36. The van der Waals surface area contributed by atoms with E-state index in [1.807, 2.05) is 6.07 Å². The molecule has 0 spiro atoms. The van der Waals surface area contributed by atoms with E-state index in [1.165, 1.54) is 6.92 Å². The van der Waals surface area contributed by atoms with Gasteiger partial charge >= 0.3 is 6.18 Å². The van der Waals surface area contributed by atoms with Crippen LogP contribution in [0.15, 0.2) is 42.5 Å². The Morgan fingerprint density at radius 2 is 1.79 bits per heavy atom. The molecule has 29 heavy (non-hydrogen) atoms. The van der Waals surface area contributed by atoms with Crippen LogP contribution >= 0.6 is 0 Å². The summed E-state index contributed by atoms with van der Waals surface area (Å²) in [5.41, 5.74) is -0.388. The largest absolute Gasteiger partial charge is 0.416 e. The molecule has 2 aromatic rings. The predicted molar refractivity (Wildman–Crippen MR) is 102 cm³/mol. The fourth-order valence-corrected chi connectivity index (χ4v) is 3.18. The second-order valence-electron chi connectivity index (χ2n) is 6.66. The van der Waals surface area contributed by atoms with E-state index in [0.717, 1.165) is 17.8 Å². The van der Waals surface area contributed by atoms with Gasteiger partial charge in [-0.15, -0.1) is 0 Å². The highest BCUT2D eigenvalue weighted by Gasteiger charge is 2.33. The van der Waals surface area contributed by atoms with Gasteiger partial charge < -0.3 is 15.1 Å². The van der Waals surface area contributed by atoms with Gasteiger partial charge in [-0.3, -0.25) is 14.9 Å². The molecule has 1 fully saturated rings. The van der Waals surface area contributed by atoms with Crippen molar-refractivity contribution in [2.24, 2.45) is 0 Å². The Morgan fingerprint density at radius 3 is 2.38 bits per heavy atom. The molecule has 0 saturated carbocycles. The Labute approximate surface area is 164 Å². The summed E-state index contributed by atoms with van der Waals surface area (Å²) < 4.78 is 38.6. The summed E-state index contributed by atoms with van der Waals surface area (Å²) in [7, 11) is 0. The number of hydrogen-bond acceptors (Lipinski definition) is 5. The van der Waals surface area contributed by atoms with E-state index in [-0.39, 0.29) is 11.6 Å². The molecule has 3 rings (SSSR count). The van der Waals surface area contributed by atoms with Crippen LogP contribution in [0, 0.1) is 10.1 Å². The molecular weight excluding hydrogens is 389 g/mol. The monoisotopic (exact) mass is 408 g/mol. The lowest BCUT2D eigenvalue weighted by molar-refractivity contribution is -0.384. The Hall–Kier alpha value is -3.30. The number of rotatable bonds is 4. The van der Waals surface area contributed by atoms with Gasteiger partial charge in [0.25, 0.3) is 5.69 Å². The number of nitro groups is 1. The number of alkyl halides is 3. The zero-order chi connectivity index (χ0) is 21.2. The van der Waals surface area contributed by atoms with E-state index < -0.39 is 22.4 Å². The third-order valence-corrected chi connectivity index (χ3v) is 4.74. The van der Waals surface area contributed by atoms with Gasteiger partial charge in [0.05, 0.1) is 10.5 Å². The summed E-state index contributed by atoms with van der Waals surface area (Å²) in [6.45, 7) is 4.00. The normalized spacial score (nSPS) is 14.6. The zero-order valence-electron chi connectivity index (χ0n) is 15.6. The highest BCUT2D eigenvalue weighted by molar-refractivity contribution is 5.74. The molecule has 0 bridgehead atoms. The van der Waals surface area contributed by atoms with Gasteiger partial charge in [0.2, 0.25) is 5.91 Å². The standard InChI is InChI=1S/C19H19F3N4O3/c1-13(27)24-7-9-25(10-8-24)16-4-2-3-15(12-16)23-17-6-5-14(19(20,21)22)11-18(17)26(28)29/h2-6,11-12,23H,7-10H2,1H3. The number of anilines is 3. The Morgan fingerprint density at radius 1 is 1.10 bits per heavy atom. The van der Waals surface area contributed by atoms with Gasteiger partial charge in [-0.05, 0) is 30.3 Å². The molecule has 2 aromatic carbocycles. The minimum atomic E-state index is -4.66. The van der Waals surface area contributed by atoms with Gasteiger partial charge in [-0.25, -0.2) is 0 Å². The molecule has 1 N–H and O–H groups in total. The Kier molecular flexibility index (Phi) is 5.62. The summed E-state index contributed by atoms with van der Waals surface area (Å²) in [6.07, 6.45) is -4.66. The third-order valence-electron chi connectivity index (χ3n) is 4.74. The topological polar surface area (TPSA) is 78.7 Å². The average molecular weight is 408 g/mol. The van der Waals surface area contributed by atoms with Crippen LogP contribution in [0.3, 0.4) is 0 Å². The second kappa shape index (κ2) is 7.98. The molecular formula is C19H19F3N4O3. The first kappa shape index (κ1) is 20.4. The van der Waals surface area contributed by atoms with Crippen LogP contribution in [-0.2, 0) is 11.0 Å². The summed E-state index contributed by atoms with van der Waals surface area (Å²) in [5, 5.41) is 14.1. The Balaban J connectivity index is 1.80. The van der Waals surface area contributed by atoms with Crippen LogP contribution in [0.25, 0.3) is 0 Å². The zero-order valence-corrected chi connectivity index (χ0v) is 15.6. The molecule has 1 saturated heterocycles. The van der Waals surface area contributed by atoms with Crippen LogP contribution in [0.5, 0.6) is 0 Å². The van der Waals surface area contributed by atoms with Crippen molar-refractivity contribution in [1.82, 2.24) is 4.90 Å². The van der Waals surface area contributed by atoms with E-state index in [1.54, 1.807) is 23.1 Å². The number of nitrogens with one attached hydrogen (secondary N) is 1. The number of nitro benzene ring substituents is 1. The molecule has 0 aliphatic carbocycles. The van der Waals surface area contributed by atoms with Gasteiger partial charge in [-0.2, -0.15) is 13.2 Å².